The molecule has 4 heteroatoms. The molecule has 114 valence electrons. The minimum absolute atomic E-state index is 0.150. The van der Waals surface area contributed by atoms with Crippen LogP contribution in [0.5, 0.6) is 5.75 Å². The van der Waals surface area contributed by atoms with E-state index in [-0.39, 0.29) is 5.69 Å². The molecule has 1 heterocycles. The topological polar surface area (TPSA) is 40.2 Å². The first-order chi connectivity index (χ1) is 11.2. The van der Waals surface area contributed by atoms with Crippen molar-refractivity contribution in [3.8, 4) is 11.4 Å². The summed E-state index contributed by atoms with van der Waals surface area (Å²) in [4.78, 5) is 0. The highest BCUT2D eigenvalue weighted by molar-refractivity contribution is 6.10. The van der Waals surface area contributed by atoms with Crippen LogP contribution in [0.25, 0.3) is 27.4 Å². The second kappa shape index (κ2) is 5.02. The van der Waals surface area contributed by atoms with Crippen LogP contribution >= 0.6 is 0 Å². The largest absolute Gasteiger partial charge is 0.496 e. The van der Waals surface area contributed by atoms with E-state index in [2.05, 4.69) is 6.07 Å². The van der Waals surface area contributed by atoms with Gasteiger partial charge in [-0.05, 0) is 41.8 Å². The lowest BCUT2D eigenvalue weighted by Gasteiger charge is -2.09. The maximum Gasteiger partial charge on any atom is 0.148 e. The quantitative estimate of drug-likeness (QED) is 0.553. The van der Waals surface area contributed by atoms with E-state index >= 15 is 0 Å². The van der Waals surface area contributed by atoms with Crippen molar-refractivity contribution in [2.45, 2.75) is 0 Å². The normalized spacial score (nSPS) is 11.2. The summed E-state index contributed by atoms with van der Waals surface area (Å²) in [5, 5.41) is 3.23. The number of nitrogen functional groups attached to an aromatic ring is 1. The van der Waals surface area contributed by atoms with Crippen LogP contribution in [0.2, 0.25) is 0 Å². The molecular formula is C19H15FN2O. The zero-order valence-corrected chi connectivity index (χ0v) is 12.6. The van der Waals surface area contributed by atoms with Gasteiger partial charge in [0.25, 0.3) is 0 Å². The molecule has 0 saturated heterocycles. The Hall–Kier alpha value is -3.01. The van der Waals surface area contributed by atoms with Crippen LogP contribution in [-0.2, 0) is 0 Å². The summed E-state index contributed by atoms with van der Waals surface area (Å²) in [6.07, 6.45) is 1.93. The number of ether oxygens (including phenoxy) is 1. The van der Waals surface area contributed by atoms with E-state index in [4.69, 9.17) is 10.5 Å². The van der Waals surface area contributed by atoms with Gasteiger partial charge in [-0.25, -0.2) is 4.39 Å². The Morgan fingerprint density at radius 1 is 1.04 bits per heavy atom. The first kappa shape index (κ1) is 13.6. The predicted molar refractivity (Wildman–Crippen MR) is 91.7 cm³/mol. The van der Waals surface area contributed by atoms with E-state index in [1.165, 1.54) is 6.07 Å². The van der Waals surface area contributed by atoms with Crippen LogP contribution in [0.3, 0.4) is 0 Å². The number of nitrogens with zero attached hydrogens (tertiary/aromatic N) is 1. The fourth-order valence-corrected chi connectivity index (χ4v) is 3.03. The van der Waals surface area contributed by atoms with Gasteiger partial charge in [-0.3, -0.25) is 0 Å². The molecule has 4 aromatic rings. The minimum Gasteiger partial charge on any atom is -0.496 e. The zero-order valence-electron chi connectivity index (χ0n) is 12.6. The number of fused-ring (bicyclic) bond motifs is 3. The van der Waals surface area contributed by atoms with Gasteiger partial charge in [-0.15, -0.1) is 0 Å². The third kappa shape index (κ3) is 2.03. The summed E-state index contributed by atoms with van der Waals surface area (Å²) in [6, 6.07) is 16.9. The molecule has 0 radical (unpaired) electrons. The van der Waals surface area contributed by atoms with Crippen molar-refractivity contribution in [1.29, 1.82) is 0 Å². The minimum atomic E-state index is -0.414. The summed E-state index contributed by atoms with van der Waals surface area (Å²) in [5.41, 5.74) is 7.45. The van der Waals surface area contributed by atoms with Gasteiger partial charge in [0.2, 0.25) is 0 Å². The van der Waals surface area contributed by atoms with E-state index in [9.17, 15) is 4.39 Å². The molecule has 1 aromatic heterocycles. The molecule has 0 amide bonds. The fourth-order valence-electron chi connectivity index (χ4n) is 3.03. The Balaban J connectivity index is 2.03. The van der Waals surface area contributed by atoms with Crippen molar-refractivity contribution in [1.82, 2.24) is 4.57 Å². The average molecular weight is 306 g/mol. The van der Waals surface area contributed by atoms with Crippen LogP contribution in [0.4, 0.5) is 10.1 Å². The van der Waals surface area contributed by atoms with E-state index in [0.29, 0.717) is 0 Å². The monoisotopic (exact) mass is 306 g/mol. The van der Waals surface area contributed by atoms with Crippen LogP contribution in [0, 0.1) is 5.82 Å². The molecule has 0 atom stereocenters. The SMILES string of the molecule is COc1cccc2ccc3c(ccn3-c3ccc(N)c(F)c3)c12. The van der Waals surface area contributed by atoms with Crippen LogP contribution in [0.15, 0.2) is 60.8 Å². The van der Waals surface area contributed by atoms with Crippen molar-refractivity contribution in [2.24, 2.45) is 0 Å². The average Bonchev–Trinajstić information content (AvgIpc) is 3.01. The molecule has 0 spiro atoms. The highest BCUT2D eigenvalue weighted by Gasteiger charge is 2.11. The van der Waals surface area contributed by atoms with Crippen molar-refractivity contribution in [3.63, 3.8) is 0 Å². The number of methoxy groups -OCH3 is 1. The van der Waals surface area contributed by atoms with Gasteiger partial charge in [-0.1, -0.05) is 18.2 Å². The lowest BCUT2D eigenvalue weighted by Crippen LogP contribution is -1.96. The molecule has 4 rings (SSSR count). The Morgan fingerprint density at radius 2 is 1.91 bits per heavy atom. The molecule has 23 heavy (non-hydrogen) atoms. The summed E-state index contributed by atoms with van der Waals surface area (Å²) >= 11 is 0. The third-order valence-electron chi connectivity index (χ3n) is 4.16. The Morgan fingerprint density at radius 3 is 2.70 bits per heavy atom. The Kier molecular flexibility index (Phi) is 2.98. The highest BCUT2D eigenvalue weighted by atomic mass is 19.1. The molecule has 3 aromatic carbocycles. The molecule has 0 unspecified atom stereocenters. The maximum atomic E-state index is 13.8. The van der Waals surface area contributed by atoms with Gasteiger partial charge < -0.3 is 15.0 Å². The molecule has 0 saturated carbocycles. The first-order valence-electron chi connectivity index (χ1n) is 7.31. The number of halogens is 1. The molecular weight excluding hydrogens is 291 g/mol. The van der Waals surface area contributed by atoms with Crippen LogP contribution < -0.4 is 10.5 Å². The van der Waals surface area contributed by atoms with E-state index in [1.807, 2.05) is 47.2 Å². The standard InChI is InChI=1S/C19H15FN2O/c1-23-18-4-2-3-12-5-8-17-14(19(12)18)9-10-22(17)13-6-7-16(21)15(20)11-13/h2-11H,21H2,1H3. The van der Waals surface area contributed by atoms with E-state index in [1.54, 1.807) is 13.2 Å². The number of nitrogens with two attached hydrogens (primary N) is 1. The number of rotatable bonds is 2. The van der Waals surface area contributed by atoms with E-state index < -0.39 is 5.82 Å². The summed E-state index contributed by atoms with van der Waals surface area (Å²) in [6.45, 7) is 0. The number of hydrogen-bond donors (Lipinski definition) is 1. The smallest absolute Gasteiger partial charge is 0.148 e. The third-order valence-corrected chi connectivity index (χ3v) is 4.16. The molecule has 2 N–H and O–H groups in total. The van der Waals surface area contributed by atoms with Gasteiger partial charge >= 0.3 is 0 Å². The van der Waals surface area contributed by atoms with Gasteiger partial charge in [0, 0.05) is 22.7 Å². The van der Waals surface area contributed by atoms with Crippen molar-refractivity contribution >= 4 is 27.4 Å². The summed E-state index contributed by atoms with van der Waals surface area (Å²) < 4.78 is 21.2. The van der Waals surface area contributed by atoms with Crippen molar-refractivity contribution in [3.05, 3.63) is 66.6 Å². The van der Waals surface area contributed by atoms with Crippen LogP contribution in [0.1, 0.15) is 0 Å². The summed E-state index contributed by atoms with van der Waals surface area (Å²) in [7, 11) is 1.67. The van der Waals surface area contributed by atoms with Gasteiger partial charge in [0.15, 0.2) is 0 Å². The number of anilines is 1. The lowest BCUT2D eigenvalue weighted by atomic mass is 10.1. The van der Waals surface area contributed by atoms with Crippen molar-refractivity contribution < 1.29 is 9.13 Å². The molecule has 0 bridgehead atoms. The Labute approximate surface area is 132 Å². The fraction of sp³-hybridized carbons (Fsp3) is 0.0526. The maximum absolute atomic E-state index is 13.8. The summed E-state index contributed by atoms with van der Waals surface area (Å²) in [5.74, 6) is 0.414. The number of hydrogen-bond acceptors (Lipinski definition) is 2. The number of benzene rings is 3. The van der Waals surface area contributed by atoms with Crippen molar-refractivity contribution in [2.75, 3.05) is 12.8 Å². The van der Waals surface area contributed by atoms with E-state index in [0.717, 1.165) is 33.1 Å². The molecule has 0 aliphatic rings. The van der Waals surface area contributed by atoms with Gasteiger partial charge in [0.1, 0.15) is 11.6 Å². The first-order valence-corrected chi connectivity index (χ1v) is 7.31. The lowest BCUT2D eigenvalue weighted by molar-refractivity contribution is 0.420. The molecule has 0 aliphatic heterocycles. The highest BCUT2D eigenvalue weighted by Crippen LogP contribution is 2.34. The second-order valence-electron chi connectivity index (χ2n) is 5.45. The predicted octanol–water partition coefficient (Wildman–Crippen LogP) is 4.51. The second-order valence-corrected chi connectivity index (χ2v) is 5.45. The molecule has 0 aliphatic carbocycles. The van der Waals surface area contributed by atoms with Gasteiger partial charge in [0.05, 0.1) is 18.3 Å². The molecule has 3 nitrogen and oxygen atoms in total. The van der Waals surface area contributed by atoms with Gasteiger partial charge in [-0.2, -0.15) is 0 Å². The van der Waals surface area contributed by atoms with Crippen LogP contribution in [-0.4, -0.2) is 11.7 Å². The zero-order chi connectivity index (χ0) is 16.0. The molecule has 0 fully saturated rings. The Bertz CT molecular complexity index is 1040. The number of aromatic nitrogens is 1.